The van der Waals surface area contributed by atoms with Crippen molar-refractivity contribution in [3.05, 3.63) is 53.7 Å². The molecule has 0 aliphatic rings. The Morgan fingerprint density at radius 2 is 1.84 bits per heavy atom. The van der Waals surface area contributed by atoms with Gasteiger partial charge in [-0.1, -0.05) is 23.4 Å². The Hall–Kier alpha value is -3.34. The maximum absolute atomic E-state index is 12.4. The first-order valence-corrected chi connectivity index (χ1v) is 7.15. The highest BCUT2D eigenvalue weighted by atomic mass is 19.4. The lowest BCUT2D eigenvalue weighted by atomic mass is 9.98. The summed E-state index contributed by atoms with van der Waals surface area (Å²) in [7, 11) is 0. The number of hydrogen-bond donors (Lipinski definition) is 1. The predicted octanol–water partition coefficient (Wildman–Crippen LogP) is 4.22. The molecule has 2 aromatic carbocycles. The van der Waals surface area contributed by atoms with Crippen molar-refractivity contribution in [1.82, 2.24) is 15.4 Å². The molecule has 1 aromatic heterocycles. The lowest BCUT2D eigenvalue weighted by Crippen LogP contribution is -2.17. The maximum atomic E-state index is 12.4. The number of aromatic amines is 1. The van der Waals surface area contributed by atoms with Crippen molar-refractivity contribution in [1.29, 1.82) is 5.26 Å². The largest absolute Gasteiger partial charge is 0.573 e. The number of aryl methyl sites for hydroxylation is 1. The number of alkyl halides is 3. The van der Waals surface area contributed by atoms with E-state index in [-0.39, 0.29) is 11.4 Å². The molecule has 0 aliphatic heterocycles. The summed E-state index contributed by atoms with van der Waals surface area (Å²) in [5.74, 6) is -0.299. The average Bonchev–Trinajstić information content (AvgIpc) is 3.01. The zero-order valence-corrected chi connectivity index (χ0v) is 12.9. The number of halogens is 3. The molecule has 0 bridgehead atoms. The van der Waals surface area contributed by atoms with Gasteiger partial charge in [0.15, 0.2) is 5.69 Å². The quantitative estimate of drug-likeness (QED) is 0.772. The number of ether oxygens (including phenoxy) is 1. The minimum absolute atomic E-state index is 0.214. The van der Waals surface area contributed by atoms with Crippen molar-refractivity contribution >= 4 is 0 Å². The number of hydrogen-bond acceptors (Lipinski definition) is 4. The minimum atomic E-state index is -4.75. The van der Waals surface area contributed by atoms with Gasteiger partial charge in [0.25, 0.3) is 0 Å². The second-order valence-corrected chi connectivity index (χ2v) is 5.31. The summed E-state index contributed by atoms with van der Waals surface area (Å²) in [4.78, 5) is 0. The van der Waals surface area contributed by atoms with Crippen molar-refractivity contribution in [2.75, 3.05) is 0 Å². The van der Waals surface area contributed by atoms with Gasteiger partial charge in [0.1, 0.15) is 17.5 Å². The van der Waals surface area contributed by atoms with Crippen LogP contribution >= 0.6 is 0 Å². The molecule has 0 aliphatic carbocycles. The molecule has 0 saturated carbocycles. The van der Waals surface area contributed by atoms with Gasteiger partial charge >= 0.3 is 6.36 Å². The second-order valence-electron chi connectivity index (χ2n) is 5.31. The van der Waals surface area contributed by atoms with Crippen LogP contribution in [0.3, 0.4) is 0 Å². The molecule has 8 heteroatoms. The lowest BCUT2D eigenvalue weighted by Gasteiger charge is -2.11. The van der Waals surface area contributed by atoms with E-state index in [4.69, 9.17) is 5.26 Å². The molecule has 0 amide bonds. The Bertz CT molecular complexity index is 957. The van der Waals surface area contributed by atoms with E-state index in [1.165, 1.54) is 18.2 Å². The Morgan fingerprint density at radius 1 is 1.08 bits per heavy atom. The topological polar surface area (TPSA) is 74.6 Å². The molecular weight excluding hydrogens is 333 g/mol. The van der Waals surface area contributed by atoms with Gasteiger partial charge in [-0.05, 0) is 47.9 Å². The van der Waals surface area contributed by atoms with E-state index in [9.17, 15) is 13.2 Å². The Labute approximate surface area is 140 Å². The van der Waals surface area contributed by atoms with E-state index in [2.05, 4.69) is 20.1 Å². The van der Waals surface area contributed by atoms with E-state index < -0.39 is 6.36 Å². The molecule has 5 nitrogen and oxygen atoms in total. The molecule has 0 unspecified atom stereocenters. The SMILES string of the molecule is Cc1cc(-c2cccc(OC(F)(F)F)c2)cc(-c2nn[nH]c2C#N)c1. The molecule has 3 aromatic rings. The lowest BCUT2D eigenvalue weighted by molar-refractivity contribution is -0.274. The summed E-state index contributed by atoms with van der Waals surface area (Å²) in [5.41, 5.74) is 3.33. The second kappa shape index (κ2) is 6.28. The third kappa shape index (κ3) is 3.77. The smallest absolute Gasteiger partial charge is 0.406 e. The summed E-state index contributed by atoms with van der Waals surface area (Å²) >= 11 is 0. The third-order valence-corrected chi connectivity index (χ3v) is 3.41. The van der Waals surface area contributed by atoms with Crippen LogP contribution in [0.5, 0.6) is 5.75 Å². The summed E-state index contributed by atoms with van der Waals surface area (Å²) < 4.78 is 41.2. The number of nitrogens with one attached hydrogen (secondary N) is 1. The van der Waals surface area contributed by atoms with Crippen molar-refractivity contribution in [3.8, 4) is 34.2 Å². The van der Waals surface area contributed by atoms with E-state index in [1.807, 2.05) is 25.1 Å². The Morgan fingerprint density at radius 3 is 2.56 bits per heavy atom. The van der Waals surface area contributed by atoms with Gasteiger partial charge in [-0.25, -0.2) is 5.10 Å². The van der Waals surface area contributed by atoms with Gasteiger partial charge in [-0.15, -0.1) is 18.3 Å². The normalized spacial score (nSPS) is 11.2. The molecule has 3 rings (SSSR count). The number of nitrogens with zero attached hydrogens (tertiary/aromatic N) is 3. The van der Waals surface area contributed by atoms with E-state index >= 15 is 0 Å². The van der Waals surface area contributed by atoms with Gasteiger partial charge in [0.05, 0.1) is 0 Å². The number of aromatic nitrogens is 3. The first-order valence-electron chi connectivity index (χ1n) is 7.15. The molecule has 126 valence electrons. The highest BCUT2D eigenvalue weighted by molar-refractivity contribution is 5.74. The van der Waals surface area contributed by atoms with Crippen LogP contribution in [0.2, 0.25) is 0 Å². The average molecular weight is 344 g/mol. The molecule has 0 saturated heterocycles. The molecular formula is C17H11F3N4O. The summed E-state index contributed by atoms with van der Waals surface area (Å²) in [6.07, 6.45) is -4.75. The number of benzene rings is 2. The highest BCUT2D eigenvalue weighted by Crippen LogP contribution is 2.31. The summed E-state index contributed by atoms with van der Waals surface area (Å²) in [6.45, 7) is 1.84. The van der Waals surface area contributed by atoms with Crippen LogP contribution in [0.1, 0.15) is 11.3 Å². The monoisotopic (exact) mass is 344 g/mol. The molecule has 0 atom stereocenters. The Kier molecular flexibility index (Phi) is 4.15. The van der Waals surface area contributed by atoms with Crippen molar-refractivity contribution < 1.29 is 17.9 Å². The molecule has 25 heavy (non-hydrogen) atoms. The zero-order valence-electron chi connectivity index (χ0n) is 12.9. The highest BCUT2D eigenvalue weighted by Gasteiger charge is 2.31. The molecule has 0 spiro atoms. The minimum Gasteiger partial charge on any atom is -0.406 e. The molecule has 1 heterocycles. The Balaban J connectivity index is 2.04. The van der Waals surface area contributed by atoms with Crippen LogP contribution in [0.15, 0.2) is 42.5 Å². The van der Waals surface area contributed by atoms with Crippen LogP contribution in [0.4, 0.5) is 13.2 Å². The fourth-order valence-corrected chi connectivity index (χ4v) is 2.47. The van der Waals surface area contributed by atoms with Gasteiger partial charge in [-0.3, -0.25) is 0 Å². The van der Waals surface area contributed by atoms with Crippen LogP contribution < -0.4 is 4.74 Å². The summed E-state index contributed by atoms with van der Waals surface area (Å²) in [5, 5.41) is 19.1. The third-order valence-electron chi connectivity index (χ3n) is 3.41. The fraction of sp³-hybridized carbons (Fsp3) is 0.118. The van der Waals surface area contributed by atoms with E-state index in [1.54, 1.807) is 12.1 Å². The van der Waals surface area contributed by atoms with E-state index in [0.717, 1.165) is 5.56 Å². The van der Waals surface area contributed by atoms with Crippen LogP contribution in [0.25, 0.3) is 22.4 Å². The van der Waals surface area contributed by atoms with Crippen LogP contribution in [0, 0.1) is 18.3 Å². The standard InChI is InChI=1S/C17H11F3N4O/c1-10-5-12(7-13(6-10)16-15(9-21)22-24-23-16)11-3-2-4-14(8-11)25-17(18,19)20/h2-8H,1H3,(H,22,23,24). The van der Waals surface area contributed by atoms with Crippen molar-refractivity contribution in [3.63, 3.8) is 0 Å². The van der Waals surface area contributed by atoms with Crippen LogP contribution in [-0.2, 0) is 0 Å². The number of rotatable bonds is 3. The maximum Gasteiger partial charge on any atom is 0.573 e. The molecule has 0 fully saturated rings. The first-order chi connectivity index (χ1) is 11.9. The van der Waals surface area contributed by atoms with Crippen molar-refractivity contribution in [2.24, 2.45) is 0 Å². The number of H-pyrrole nitrogens is 1. The van der Waals surface area contributed by atoms with Gasteiger partial charge in [0.2, 0.25) is 0 Å². The van der Waals surface area contributed by atoms with Gasteiger partial charge in [-0.2, -0.15) is 5.26 Å². The van der Waals surface area contributed by atoms with Gasteiger partial charge < -0.3 is 4.74 Å². The fourth-order valence-electron chi connectivity index (χ4n) is 2.47. The van der Waals surface area contributed by atoms with E-state index in [0.29, 0.717) is 22.4 Å². The van der Waals surface area contributed by atoms with Crippen LogP contribution in [-0.4, -0.2) is 21.8 Å². The summed E-state index contributed by atoms with van der Waals surface area (Å²) in [6, 6.07) is 13.0. The van der Waals surface area contributed by atoms with Gasteiger partial charge in [0, 0.05) is 5.56 Å². The molecule has 1 N–H and O–H groups in total. The predicted molar refractivity (Wildman–Crippen MR) is 83.4 cm³/mol. The molecule has 0 radical (unpaired) electrons. The zero-order chi connectivity index (χ0) is 18.0. The first kappa shape index (κ1) is 16.5. The number of nitriles is 1. The van der Waals surface area contributed by atoms with Crippen molar-refractivity contribution in [2.45, 2.75) is 13.3 Å².